The van der Waals surface area contributed by atoms with Crippen molar-refractivity contribution in [2.45, 2.75) is 30.6 Å². The molecule has 2 aromatic rings. The first-order valence-electron chi connectivity index (χ1n) is 8.83. The summed E-state index contributed by atoms with van der Waals surface area (Å²) in [7, 11) is 6.54. The van der Waals surface area contributed by atoms with E-state index in [4.69, 9.17) is 0 Å². The molecule has 1 atom stereocenters. The molecule has 1 aliphatic heterocycles. The van der Waals surface area contributed by atoms with Crippen molar-refractivity contribution in [2.24, 2.45) is 0 Å². The third-order valence-electron chi connectivity index (χ3n) is 4.86. The summed E-state index contributed by atoms with van der Waals surface area (Å²) in [6, 6.07) is 15.9. The quantitative estimate of drug-likeness (QED) is 0.694. The van der Waals surface area contributed by atoms with Crippen LogP contribution in [0.15, 0.2) is 47.4 Å². The van der Waals surface area contributed by atoms with Crippen molar-refractivity contribution in [2.75, 3.05) is 38.3 Å². The summed E-state index contributed by atoms with van der Waals surface area (Å²) in [5.41, 5.74) is 5.69. The number of hydrogen-bond donors (Lipinski definition) is 0. The van der Waals surface area contributed by atoms with Crippen LogP contribution in [0, 0.1) is 0 Å². The summed E-state index contributed by atoms with van der Waals surface area (Å²) < 4.78 is 0. The standard InChI is InChI=1S/C21H28N2S/c1-5-24-18-10-11-21-19(15-18)16(12-13-22(2)3)14-17-8-6-7-9-20(17)23(21)4/h6-11,15-16H,5,12-14H2,1-4H3. The van der Waals surface area contributed by atoms with E-state index in [2.05, 4.69) is 80.3 Å². The summed E-state index contributed by atoms with van der Waals surface area (Å²) in [5, 5.41) is 0. The van der Waals surface area contributed by atoms with Gasteiger partial charge in [0.05, 0.1) is 0 Å². The first-order valence-corrected chi connectivity index (χ1v) is 9.81. The molecular formula is C21H28N2S. The van der Waals surface area contributed by atoms with E-state index >= 15 is 0 Å². The molecule has 24 heavy (non-hydrogen) atoms. The van der Waals surface area contributed by atoms with Gasteiger partial charge >= 0.3 is 0 Å². The van der Waals surface area contributed by atoms with Crippen molar-refractivity contribution >= 4 is 23.1 Å². The highest BCUT2D eigenvalue weighted by Crippen LogP contribution is 2.42. The summed E-state index contributed by atoms with van der Waals surface area (Å²) in [6.07, 6.45) is 2.32. The molecule has 3 heteroatoms. The van der Waals surface area contributed by atoms with Crippen LogP contribution in [-0.2, 0) is 6.42 Å². The Morgan fingerprint density at radius 3 is 2.67 bits per heavy atom. The van der Waals surface area contributed by atoms with Gasteiger partial charge in [-0.05, 0) is 80.5 Å². The van der Waals surface area contributed by atoms with E-state index in [0.717, 1.165) is 18.7 Å². The van der Waals surface area contributed by atoms with Gasteiger partial charge in [0.15, 0.2) is 0 Å². The summed E-state index contributed by atoms with van der Waals surface area (Å²) in [5.74, 6) is 1.70. The van der Waals surface area contributed by atoms with Gasteiger partial charge in [-0.1, -0.05) is 25.1 Å². The second-order valence-electron chi connectivity index (χ2n) is 6.83. The monoisotopic (exact) mass is 340 g/mol. The molecule has 3 rings (SSSR count). The van der Waals surface area contributed by atoms with Crippen molar-refractivity contribution in [3.63, 3.8) is 0 Å². The fraction of sp³-hybridized carbons (Fsp3) is 0.429. The van der Waals surface area contributed by atoms with Crippen LogP contribution < -0.4 is 4.90 Å². The second-order valence-corrected chi connectivity index (χ2v) is 8.17. The Labute approximate surface area is 150 Å². The number of rotatable bonds is 5. The Morgan fingerprint density at radius 1 is 1.12 bits per heavy atom. The highest BCUT2D eigenvalue weighted by Gasteiger charge is 2.25. The molecule has 128 valence electrons. The van der Waals surface area contributed by atoms with Gasteiger partial charge in [0.25, 0.3) is 0 Å². The molecule has 0 aliphatic carbocycles. The molecule has 2 nitrogen and oxygen atoms in total. The van der Waals surface area contributed by atoms with Crippen molar-refractivity contribution in [1.82, 2.24) is 4.90 Å². The van der Waals surface area contributed by atoms with E-state index in [1.165, 1.54) is 33.8 Å². The molecule has 0 bridgehead atoms. The first kappa shape index (κ1) is 17.4. The van der Waals surface area contributed by atoms with Crippen molar-refractivity contribution in [3.8, 4) is 0 Å². The predicted octanol–water partition coefficient (Wildman–Crippen LogP) is 5.16. The number of hydrogen-bond acceptors (Lipinski definition) is 3. The van der Waals surface area contributed by atoms with E-state index in [1.807, 2.05) is 11.8 Å². The van der Waals surface area contributed by atoms with E-state index < -0.39 is 0 Å². The SMILES string of the molecule is CCSc1ccc2c(c1)C(CCN(C)C)Cc1ccccc1N2C. The van der Waals surface area contributed by atoms with Gasteiger partial charge in [0.2, 0.25) is 0 Å². The molecule has 0 saturated heterocycles. The fourth-order valence-electron chi connectivity index (χ4n) is 3.61. The van der Waals surface area contributed by atoms with Crippen LogP contribution in [0.25, 0.3) is 0 Å². The molecule has 0 amide bonds. The van der Waals surface area contributed by atoms with Gasteiger partial charge in [0.1, 0.15) is 0 Å². The number of para-hydroxylation sites is 1. The zero-order valence-electron chi connectivity index (χ0n) is 15.2. The highest BCUT2D eigenvalue weighted by atomic mass is 32.2. The van der Waals surface area contributed by atoms with E-state index in [9.17, 15) is 0 Å². The van der Waals surface area contributed by atoms with E-state index in [0.29, 0.717) is 5.92 Å². The average molecular weight is 341 g/mol. The minimum atomic E-state index is 0.575. The number of thioether (sulfide) groups is 1. The number of anilines is 2. The van der Waals surface area contributed by atoms with Gasteiger partial charge in [-0.15, -0.1) is 11.8 Å². The predicted molar refractivity (Wildman–Crippen MR) is 107 cm³/mol. The Hall–Kier alpha value is -1.45. The Bertz CT molecular complexity index is 696. The first-order chi connectivity index (χ1) is 11.6. The third kappa shape index (κ3) is 3.62. The molecule has 0 fully saturated rings. The summed E-state index contributed by atoms with van der Waals surface area (Å²) in [4.78, 5) is 6.07. The summed E-state index contributed by atoms with van der Waals surface area (Å²) >= 11 is 1.94. The van der Waals surface area contributed by atoms with Gasteiger partial charge in [-0.2, -0.15) is 0 Å². The summed E-state index contributed by atoms with van der Waals surface area (Å²) in [6.45, 7) is 3.35. The molecule has 2 aromatic carbocycles. The maximum Gasteiger partial charge on any atom is 0.0444 e. The van der Waals surface area contributed by atoms with Gasteiger partial charge in [-0.25, -0.2) is 0 Å². The van der Waals surface area contributed by atoms with Crippen molar-refractivity contribution in [1.29, 1.82) is 0 Å². The molecule has 0 saturated carbocycles. The molecule has 0 N–H and O–H groups in total. The largest absolute Gasteiger partial charge is 0.344 e. The molecule has 0 spiro atoms. The lowest BCUT2D eigenvalue weighted by Crippen LogP contribution is -2.17. The van der Waals surface area contributed by atoms with Gasteiger partial charge in [0, 0.05) is 23.3 Å². The second kappa shape index (κ2) is 7.62. The van der Waals surface area contributed by atoms with Gasteiger partial charge < -0.3 is 9.80 Å². The Kier molecular flexibility index (Phi) is 5.52. The van der Waals surface area contributed by atoms with Crippen LogP contribution >= 0.6 is 11.8 Å². The van der Waals surface area contributed by atoms with E-state index in [-0.39, 0.29) is 0 Å². The minimum absolute atomic E-state index is 0.575. The zero-order chi connectivity index (χ0) is 17.1. The molecule has 1 heterocycles. The normalized spacial score (nSPS) is 16.7. The zero-order valence-corrected chi connectivity index (χ0v) is 16.1. The van der Waals surface area contributed by atoms with Crippen LogP contribution in [-0.4, -0.2) is 38.3 Å². The lowest BCUT2D eigenvalue weighted by Gasteiger charge is -2.24. The van der Waals surface area contributed by atoms with Crippen LogP contribution in [0.4, 0.5) is 11.4 Å². The molecule has 1 aliphatic rings. The van der Waals surface area contributed by atoms with Gasteiger partial charge in [-0.3, -0.25) is 0 Å². The number of fused-ring (bicyclic) bond motifs is 2. The van der Waals surface area contributed by atoms with Crippen molar-refractivity contribution < 1.29 is 0 Å². The maximum atomic E-state index is 2.44. The molecule has 0 aromatic heterocycles. The molecule has 1 unspecified atom stereocenters. The van der Waals surface area contributed by atoms with Crippen LogP contribution in [0.2, 0.25) is 0 Å². The topological polar surface area (TPSA) is 6.48 Å². The lowest BCUT2D eigenvalue weighted by atomic mass is 9.89. The Balaban J connectivity index is 2.05. The lowest BCUT2D eigenvalue weighted by molar-refractivity contribution is 0.380. The van der Waals surface area contributed by atoms with E-state index in [1.54, 1.807) is 0 Å². The minimum Gasteiger partial charge on any atom is -0.344 e. The smallest absolute Gasteiger partial charge is 0.0444 e. The fourth-order valence-corrected chi connectivity index (χ4v) is 4.32. The maximum absolute atomic E-state index is 2.44. The highest BCUT2D eigenvalue weighted by molar-refractivity contribution is 7.99. The third-order valence-corrected chi connectivity index (χ3v) is 5.73. The van der Waals surface area contributed by atoms with Crippen LogP contribution in [0.1, 0.15) is 30.4 Å². The van der Waals surface area contributed by atoms with Crippen LogP contribution in [0.5, 0.6) is 0 Å². The number of nitrogens with zero attached hydrogens (tertiary/aromatic N) is 2. The Morgan fingerprint density at radius 2 is 1.92 bits per heavy atom. The van der Waals surface area contributed by atoms with Crippen molar-refractivity contribution in [3.05, 3.63) is 53.6 Å². The van der Waals surface area contributed by atoms with Crippen LogP contribution in [0.3, 0.4) is 0 Å². The average Bonchev–Trinajstić information content (AvgIpc) is 2.69. The molecular weight excluding hydrogens is 312 g/mol. The molecule has 0 radical (unpaired) electrons. The number of benzene rings is 2.